The number of ether oxygens (including phenoxy) is 1. The maximum absolute atomic E-state index is 13.8. The Balaban J connectivity index is 3.06. The van der Waals surface area contributed by atoms with Crippen molar-refractivity contribution >= 4 is 23.2 Å². The van der Waals surface area contributed by atoms with Crippen molar-refractivity contribution in [3.05, 3.63) is 39.4 Å². The molecule has 1 N–H and O–H groups in total. The van der Waals surface area contributed by atoms with Gasteiger partial charge in [0.15, 0.2) is 0 Å². The van der Waals surface area contributed by atoms with Gasteiger partial charge >= 0.3 is 5.69 Å². The Morgan fingerprint density at radius 2 is 2.20 bits per heavy atom. The number of nitrogens with zero attached hydrogens (tertiary/aromatic N) is 1. The van der Waals surface area contributed by atoms with E-state index in [9.17, 15) is 23.7 Å². The summed E-state index contributed by atoms with van der Waals surface area (Å²) in [5, 5.41) is 12.8. The average Bonchev–Trinajstić information content (AvgIpc) is 2.39. The van der Waals surface area contributed by atoms with E-state index in [4.69, 9.17) is 16.3 Å². The minimum atomic E-state index is -1.40. The summed E-state index contributed by atoms with van der Waals surface area (Å²) >= 11 is 5.56. The highest BCUT2D eigenvalue weighted by atomic mass is 35.5. The van der Waals surface area contributed by atoms with Crippen LogP contribution in [0.3, 0.4) is 0 Å². The number of hydrogen-bond donors (Lipinski definition) is 1. The van der Waals surface area contributed by atoms with Crippen molar-refractivity contribution in [1.29, 1.82) is 0 Å². The SMILES string of the molecule is COCC(CCl)NC(=O)c1cc(F)cc([N+](=O)[O-])c1F. The van der Waals surface area contributed by atoms with Gasteiger partial charge in [0.1, 0.15) is 5.82 Å². The first-order valence-electron chi connectivity index (χ1n) is 5.39. The molecule has 20 heavy (non-hydrogen) atoms. The van der Waals surface area contributed by atoms with Gasteiger partial charge in [-0.2, -0.15) is 4.39 Å². The quantitative estimate of drug-likeness (QED) is 0.494. The molecule has 9 heteroatoms. The van der Waals surface area contributed by atoms with Gasteiger partial charge in [-0.05, 0) is 6.07 Å². The first-order valence-corrected chi connectivity index (χ1v) is 5.93. The lowest BCUT2D eigenvalue weighted by Gasteiger charge is -2.15. The van der Waals surface area contributed by atoms with Crippen molar-refractivity contribution < 1.29 is 23.2 Å². The Kier molecular flexibility index (Phi) is 5.78. The molecule has 1 aromatic rings. The van der Waals surface area contributed by atoms with E-state index in [1.54, 1.807) is 0 Å². The van der Waals surface area contributed by atoms with E-state index in [2.05, 4.69) is 5.32 Å². The second kappa shape index (κ2) is 7.11. The van der Waals surface area contributed by atoms with Gasteiger partial charge in [0.25, 0.3) is 5.91 Å². The molecule has 0 bridgehead atoms. The number of nitro groups is 1. The van der Waals surface area contributed by atoms with Crippen LogP contribution >= 0.6 is 11.6 Å². The van der Waals surface area contributed by atoms with Gasteiger partial charge in [-0.1, -0.05) is 0 Å². The number of amides is 1. The van der Waals surface area contributed by atoms with Crippen molar-refractivity contribution in [2.75, 3.05) is 19.6 Å². The summed E-state index contributed by atoms with van der Waals surface area (Å²) < 4.78 is 31.7. The predicted molar refractivity (Wildman–Crippen MR) is 66.9 cm³/mol. The second-order valence-corrected chi connectivity index (χ2v) is 4.13. The van der Waals surface area contributed by atoms with E-state index >= 15 is 0 Å². The van der Waals surface area contributed by atoms with E-state index in [1.807, 2.05) is 0 Å². The van der Waals surface area contributed by atoms with E-state index in [-0.39, 0.29) is 12.5 Å². The molecule has 0 aliphatic heterocycles. The van der Waals surface area contributed by atoms with Crippen LogP contribution in [0.25, 0.3) is 0 Å². The number of rotatable bonds is 6. The van der Waals surface area contributed by atoms with E-state index in [0.29, 0.717) is 12.1 Å². The fourth-order valence-corrected chi connectivity index (χ4v) is 1.63. The zero-order chi connectivity index (χ0) is 15.3. The molecule has 1 amide bonds. The molecule has 1 aromatic carbocycles. The number of nitrogens with one attached hydrogen (secondary N) is 1. The predicted octanol–water partition coefficient (Wildman–Crippen LogP) is 1.86. The van der Waals surface area contributed by atoms with Crippen LogP contribution < -0.4 is 5.32 Å². The molecule has 0 spiro atoms. The summed E-state index contributed by atoms with van der Waals surface area (Å²) in [7, 11) is 1.37. The monoisotopic (exact) mass is 308 g/mol. The van der Waals surface area contributed by atoms with Gasteiger partial charge in [0.05, 0.1) is 29.2 Å². The summed E-state index contributed by atoms with van der Waals surface area (Å²) in [5.41, 5.74) is -1.87. The smallest absolute Gasteiger partial charge is 0.308 e. The van der Waals surface area contributed by atoms with Gasteiger partial charge in [-0.25, -0.2) is 4.39 Å². The van der Waals surface area contributed by atoms with Gasteiger partial charge in [0, 0.05) is 13.0 Å². The second-order valence-electron chi connectivity index (χ2n) is 3.82. The minimum absolute atomic E-state index is 0.0153. The molecule has 1 atom stereocenters. The number of methoxy groups -OCH3 is 1. The minimum Gasteiger partial charge on any atom is -0.383 e. The van der Waals surface area contributed by atoms with Gasteiger partial charge < -0.3 is 10.1 Å². The standard InChI is InChI=1S/C11H11ClF2N2O4/c1-20-5-7(4-12)15-11(17)8-2-6(13)3-9(10(8)14)16(18)19/h2-3,7H,4-5H2,1H3,(H,15,17). The van der Waals surface area contributed by atoms with E-state index < -0.39 is 39.8 Å². The van der Waals surface area contributed by atoms with Crippen molar-refractivity contribution in [2.45, 2.75) is 6.04 Å². The summed E-state index contributed by atoms with van der Waals surface area (Å²) in [4.78, 5) is 21.2. The van der Waals surface area contributed by atoms with Crippen molar-refractivity contribution in [2.24, 2.45) is 0 Å². The van der Waals surface area contributed by atoms with Crippen LogP contribution in [0.2, 0.25) is 0 Å². The molecule has 0 fully saturated rings. The van der Waals surface area contributed by atoms with Gasteiger partial charge in [0.2, 0.25) is 5.82 Å². The molecule has 0 saturated heterocycles. The molecular formula is C11H11ClF2N2O4. The van der Waals surface area contributed by atoms with Crippen molar-refractivity contribution in [1.82, 2.24) is 5.32 Å². The number of hydrogen-bond acceptors (Lipinski definition) is 4. The largest absolute Gasteiger partial charge is 0.383 e. The third-order valence-corrected chi connectivity index (χ3v) is 2.72. The normalized spacial score (nSPS) is 12.0. The molecule has 0 aliphatic rings. The lowest BCUT2D eigenvalue weighted by molar-refractivity contribution is -0.387. The maximum atomic E-state index is 13.8. The number of benzene rings is 1. The van der Waals surface area contributed by atoms with Crippen molar-refractivity contribution in [3.8, 4) is 0 Å². The zero-order valence-corrected chi connectivity index (χ0v) is 11.1. The lowest BCUT2D eigenvalue weighted by atomic mass is 10.1. The molecule has 6 nitrogen and oxygen atoms in total. The molecule has 1 rings (SSSR count). The summed E-state index contributed by atoms with van der Waals surface area (Å²) in [5.74, 6) is -3.51. The Morgan fingerprint density at radius 1 is 1.55 bits per heavy atom. The Hall–Kier alpha value is -1.80. The first-order chi connectivity index (χ1) is 9.40. The topological polar surface area (TPSA) is 81.5 Å². The number of nitro benzene ring substituents is 1. The molecule has 0 radical (unpaired) electrons. The van der Waals surface area contributed by atoms with Crippen LogP contribution in [0.1, 0.15) is 10.4 Å². The summed E-state index contributed by atoms with van der Waals surface area (Å²) in [6.07, 6.45) is 0. The fraction of sp³-hybridized carbons (Fsp3) is 0.364. The molecule has 0 aliphatic carbocycles. The van der Waals surface area contributed by atoms with Gasteiger partial charge in [-0.3, -0.25) is 14.9 Å². The third kappa shape index (κ3) is 3.84. The molecular weight excluding hydrogens is 298 g/mol. The highest BCUT2D eigenvalue weighted by Gasteiger charge is 2.25. The summed E-state index contributed by atoms with van der Waals surface area (Å²) in [6, 6.07) is 0.353. The highest BCUT2D eigenvalue weighted by Crippen LogP contribution is 2.22. The van der Waals surface area contributed by atoms with Crippen LogP contribution in [-0.4, -0.2) is 36.5 Å². The van der Waals surface area contributed by atoms with E-state index in [1.165, 1.54) is 7.11 Å². The lowest BCUT2D eigenvalue weighted by Crippen LogP contribution is -2.39. The zero-order valence-electron chi connectivity index (χ0n) is 10.4. The molecule has 110 valence electrons. The summed E-state index contributed by atoms with van der Waals surface area (Å²) in [6.45, 7) is 0.0638. The molecule has 0 heterocycles. The van der Waals surface area contributed by atoms with E-state index in [0.717, 1.165) is 0 Å². The average molecular weight is 309 g/mol. The van der Waals surface area contributed by atoms with Crippen LogP contribution in [0, 0.1) is 21.7 Å². The van der Waals surface area contributed by atoms with Crippen molar-refractivity contribution in [3.63, 3.8) is 0 Å². The first kappa shape index (κ1) is 16.3. The Bertz CT molecular complexity index is 527. The van der Waals surface area contributed by atoms with Crippen LogP contribution in [0.4, 0.5) is 14.5 Å². The van der Waals surface area contributed by atoms with Crippen LogP contribution in [-0.2, 0) is 4.74 Å². The number of carbonyl (C=O) groups is 1. The highest BCUT2D eigenvalue weighted by molar-refractivity contribution is 6.18. The van der Waals surface area contributed by atoms with Crippen LogP contribution in [0.15, 0.2) is 12.1 Å². The number of alkyl halides is 1. The molecule has 0 saturated carbocycles. The Morgan fingerprint density at radius 3 is 2.70 bits per heavy atom. The molecule has 0 aromatic heterocycles. The number of halogens is 3. The fourth-order valence-electron chi connectivity index (χ4n) is 1.46. The van der Waals surface area contributed by atoms with Gasteiger partial charge in [-0.15, -0.1) is 11.6 Å². The van der Waals surface area contributed by atoms with Crippen LogP contribution in [0.5, 0.6) is 0 Å². The molecule has 1 unspecified atom stereocenters. The maximum Gasteiger partial charge on any atom is 0.308 e. The Labute approximate surface area is 117 Å². The third-order valence-electron chi connectivity index (χ3n) is 2.35. The number of carbonyl (C=O) groups excluding carboxylic acids is 1.